The molecule has 1 atom stereocenters. The summed E-state index contributed by atoms with van der Waals surface area (Å²) in [5.41, 5.74) is 0. The molecule has 1 N–H and O–H groups in total. The van der Waals surface area contributed by atoms with Gasteiger partial charge in [-0.3, -0.25) is 4.90 Å². The molecule has 0 spiro atoms. The molecule has 0 bridgehead atoms. The summed E-state index contributed by atoms with van der Waals surface area (Å²) in [5, 5.41) is 7.25. The van der Waals surface area contributed by atoms with Crippen LogP contribution in [0.1, 0.15) is 18.7 Å². The van der Waals surface area contributed by atoms with Gasteiger partial charge in [-0.15, -0.1) is 0 Å². The average Bonchev–Trinajstić information content (AvgIpc) is 3.12. The molecule has 0 amide bonds. The quantitative estimate of drug-likeness (QED) is 0.881. The zero-order valence-corrected chi connectivity index (χ0v) is 11.0. The third-order valence-corrected chi connectivity index (χ3v) is 3.48. The lowest BCUT2D eigenvalue weighted by Gasteiger charge is -2.22. The Bertz CT molecular complexity index is 508. The molecule has 1 aliphatic heterocycles. The summed E-state index contributed by atoms with van der Waals surface area (Å²) in [6.45, 7) is 2.83. The van der Waals surface area contributed by atoms with Crippen LogP contribution in [0, 0.1) is 0 Å². The van der Waals surface area contributed by atoms with Crippen molar-refractivity contribution in [3.05, 3.63) is 24.2 Å². The fourth-order valence-corrected chi connectivity index (χ4v) is 2.57. The van der Waals surface area contributed by atoms with Crippen LogP contribution in [0.5, 0.6) is 0 Å². The summed E-state index contributed by atoms with van der Waals surface area (Å²) < 4.78 is 10.5. The van der Waals surface area contributed by atoms with E-state index in [2.05, 4.69) is 20.4 Å². The van der Waals surface area contributed by atoms with Gasteiger partial charge in [0.05, 0.1) is 12.8 Å². The van der Waals surface area contributed by atoms with Crippen LogP contribution in [0.25, 0.3) is 11.7 Å². The molecule has 2 aromatic rings. The Morgan fingerprint density at radius 2 is 2.47 bits per heavy atom. The molecule has 19 heavy (non-hydrogen) atoms. The lowest BCUT2D eigenvalue weighted by Crippen LogP contribution is -2.36. The Balaban J connectivity index is 1.67. The van der Waals surface area contributed by atoms with E-state index in [0.29, 0.717) is 17.7 Å². The van der Waals surface area contributed by atoms with E-state index in [1.54, 1.807) is 6.26 Å². The zero-order chi connectivity index (χ0) is 13.1. The number of furan rings is 1. The van der Waals surface area contributed by atoms with Crippen molar-refractivity contribution < 1.29 is 8.94 Å². The number of hydrogen-bond donors (Lipinski definition) is 1. The number of nitrogens with zero attached hydrogens (tertiary/aromatic N) is 3. The van der Waals surface area contributed by atoms with Gasteiger partial charge >= 0.3 is 0 Å². The molecule has 1 saturated heterocycles. The molecule has 0 aromatic carbocycles. The summed E-state index contributed by atoms with van der Waals surface area (Å²) in [4.78, 5) is 6.77. The Kier molecular flexibility index (Phi) is 3.61. The van der Waals surface area contributed by atoms with Crippen molar-refractivity contribution in [2.24, 2.45) is 0 Å². The van der Waals surface area contributed by atoms with Gasteiger partial charge in [-0.1, -0.05) is 5.16 Å². The van der Waals surface area contributed by atoms with Crippen LogP contribution in [0.3, 0.4) is 0 Å². The standard InChI is InChI=1S/C13H18N4O2/c1-14-8-10-4-2-6-17(10)9-12-15-13(19-16-12)11-5-3-7-18-11/h3,5,7,10,14H,2,4,6,8-9H2,1H3. The Morgan fingerprint density at radius 3 is 3.26 bits per heavy atom. The second-order valence-electron chi connectivity index (χ2n) is 4.82. The molecule has 1 fully saturated rings. The van der Waals surface area contributed by atoms with Crippen LogP contribution in [0.15, 0.2) is 27.3 Å². The Morgan fingerprint density at radius 1 is 1.53 bits per heavy atom. The highest BCUT2D eigenvalue weighted by Gasteiger charge is 2.25. The molecule has 3 rings (SSSR count). The van der Waals surface area contributed by atoms with Crippen molar-refractivity contribution in [1.82, 2.24) is 20.4 Å². The minimum absolute atomic E-state index is 0.448. The molecule has 0 radical (unpaired) electrons. The Hall–Kier alpha value is -1.66. The predicted octanol–water partition coefficient (Wildman–Crippen LogP) is 1.51. The highest BCUT2D eigenvalue weighted by atomic mass is 16.5. The molecular weight excluding hydrogens is 244 g/mol. The summed E-state index contributed by atoms with van der Waals surface area (Å²) in [7, 11) is 1.99. The molecule has 0 aliphatic carbocycles. The van der Waals surface area contributed by atoms with Gasteiger partial charge in [0.1, 0.15) is 0 Å². The summed E-state index contributed by atoms with van der Waals surface area (Å²) in [6, 6.07) is 4.19. The van der Waals surface area contributed by atoms with Gasteiger partial charge in [0.15, 0.2) is 11.6 Å². The van der Waals surface area contributed by atoms with Gasteiger partial charge < -0.3 is 14.3 Å². The van der Waals surface area contributed by atoms with Gasteiger partial charge in [0, 0.05) is 12.6 Å². The highest BCUT2D eigenvalue weighted by molar-refractivity contribution is 5.42. The Labute approximate surface area is 111 Å². The van der Waals surface area contributed by atoms with Crippen molar-refractivity contribution in [3.63, 3.8) is 0 Å². The number of nitrogens with one attached hydrogen (secondary N) is 1. The van der Waals surface area contributed by atoms with Crippen molar-refractivity contribution in [3.8, 4) is 11.7 Å². The largest absolute Gasteiger partial charge is 0.459 e. The maximum absolute atomic E-state index is 5.24. The molecule has 6 heteroatoms. The fourth-order valence-electron chi connectivity index (χ4n) is 2.57. The maximum Gasteiger partial charge on any atom is 0.293 e. The van der Waals surface area contributed by atoms with Crippen LogP contribution in [-0.2, 0) is 6.54 Å². The minimum atomic E-state index is 0.448. The fraction of sp³-hybridized carbons (Fsp3) is 0.538. The van der Waals surface area contributed by atoms with Crippen molar-refractivity contribution in [1.29, 1.82) is 0 Å². The summed E-state index contributed by atoms with van der Waals surface area (Å²) in [5.74, 6) is 1.78. The first-order valence-corrected chi connectivity index (χ1v) is 6.62. The van der Waals surface area contributed by atoms with E-state index in [-0.39, 0.29) is 0 Å². The first-order valence-electron chi connectivity index (χ1n) is 6.62. The monoisotopic (exact) mass is 262 g/mol. The second-order valence-corrected chi connectivity index (χ2v) is 4.82. The van der Waals surface area contributed by atoms with E-state index in [1.165, 1.54) is 12.8 Å². The van der Waals surface area contributed by atoms with Crippen LogP contribution in [-0.4, -0.2) is 41.2 Å². The van der Waals surface area contributed by atoms with Crippen molar-refractivity contribution in [2.75, 3.05) is 20.1 Å². The van der Waals surface area contributed by atoms with E-state index >= 15 is 0 Å². The first-order chi connectivity index (χ1) is 9.36. The van der Waals surface area contributed by atoms with E-state index in [0.717, 1.165) is 25.5 Å². The average molecular weight is 262 g/mol. The molecule has 0 saturated carbocycles. The maximum atomic E-state index is 5.24. The highest BCUT2D eigenvalue weighted by Crippen LogP contribution is 2.21. The molecule has 1 unspecified atom stereocenters. The minimum Gasteiger partial charge on any atom is -0.459 e. The van der Waals surface area contributed by atoms with Crippen LogP contribution in [0.2, 0.25) is 0 Å². The first kappa shape index (κ1) is 12.4. The van der Waals surface area contributed by atoms with E-state index in [1.807, 2.05) is 19.2 Å². The number of hydrogen-bond acceptors (Lipinski definition) is 6. The molecular formula is C13H18N4O2. The molecule has 6 nitrogen and oxygen atoms in total. The SMILES string of the molecule is CNCC1CCCN1Cc1noc(-c2ccco2)n1. The molecule has 3 heterocycles. The number of aromatic nitrogens is 2. The molecule has 2 aromatic heterocycles. The summed E-state index contributed by atoms with van der Waals surface area (Å²) in [6.07, 6.45) is 4.06. The summed E-state index contributed by atoms with van der Waals surface area (Å²) >= 11 is 0. The molecule has 1 aliphatic rings. The third kappa shape index (κ3) is 2.69. The van der Waals surface area contributed by atoms with Gasteiger partial charge in [-0.05, 0) is 38.6 Å². The third-order valence-electron chi connectivity index (χ3n) is 3.48. The van der Waals surface area contributed by atoms with Crippen LogP contribution in [0.4, 0.5) is 0 Å². The van der Waals surface area contributed by atoms with Crippen LogP contribution >= 0.6 is 0 Å². The van der Waals surface area contributed by atoms with Gasteiger partial charge in [0.25, 0.3) is 5.89 Å². The normalized spacial score (nSPS) is 20.2. The second kappa shape index (κ2) is 5.54. The van der Waals surface area contributed by atoms with Crippen molar-refractivity contribution >= 4 is 0 Å². The lowest BCUT2D eigenvalue weighted by atomic mass is 10.2. The smallest absolute Gasteiger partial charge is 0.293 e. The lowest BCUT2D eigenvalue weighted by molar-refractivity contribution is 0.233. The van der Waals surface area contributed by atoms with E-state index in [9.17, 15) is 0 Å². The predicted molar refractivity (Wildman–Crippen MR) is 69.4 cm³/mol. The van der Waals surface area contributed by atoms with Gasteiger partial charge in [0.2, 0.25) is 0 Å². The van der Waals surface area contributed by atoms with Gasteiger partial charge in [-0.25, -0.2) is 0 Å². The van der Waals surface area contributed by atoms with Gasteiger partial charge in [-0.2, -0.15) is 4.98 Å². The van der Waals surface area contributed by atoms with Crippen molar-refractivity contribution in [2.45, 2.75) is 25.4 Å². The number of rotatable bonds is 5. The topological polar surface area (TPSA) is 67.3 Å². The van der Waals surface area contributed by atoms with E-state index < -0.39 is 0 Å². The number of likely N-dealkylation sites (N-methyl/N-ethyl adjacent to an activating group) is 1. The molecule has 102 valence electrons. The zero-order valence-electron chi connectivity index (χ0n) is 11.0. The number of likely N-dealkylation sites (tertiary alicyclic amines) is 1. The van der Waals surface area contributed by atoms with E-state index in [4.69, 9.17) is 8.94 Å². The van der Waals surface area contributed by atoms with Crippen LogP contribution < -0.4 is 5.32 Å².